The minimum atomic E-state index is -0.561. The van der Waals surface area contributed by atoms with Crippen LogP contribution in [0.4, 0.5) is 4.79 Å². The van der Waals surface area contributed by atoms with Crippen molar-refractivity contribution in [2.75, 3.05) is 45.9 Å². The highest BCUT2D eigenvalue weighted by atomic mass is 16.6. The lowest BCUT2D eigenvalue weighted by Gasteiger charge is -2.23. The smallest absolute Gasteiger partial charge is 0.407 e. The molecular formula is C20H33N3O5. The van der Waals surface area contributed by atoms with Crippen LogP contribution in [0.3, 0.4) is 0 Å². The summed E-state index contributed by atoms with van der Waals surface area (Å²) in [5.41, 5.74) is 0.580. The van der Waals surface area contributed by atoms with E-state index in [-0.39, 0.29) is 24.8 Å². The molecule has 0 radical (unpaired) electrons. The summed E-state index contributed by atoms with van der Waals surface area (Å²) in [5.74, 6) is 0.00549. The van der Waals surface area contributed by atoms with E-state index in [1.807, 2.05) is 4.90 Å². The molecule has 2 rings (SSSR count). The molecule has 8 heteroatoms. The molecule has 0 aromatic carbocycles. The summed E-state index contributed by atoms with van der Waals surface area (Å²) in [7, 11) is 0. The Kier molecular flexibility index (Phi) is 8.29. The van der Waals surface area contributed by atoms with Gasteiger partial charge >= 0.3 is 6.09 Å². The SMILES string of the molecule is CC(C)(C)OC(=O)NCCC(=O)N1CCCN(C(=O)C=C2CCOCC2)CC1. The highest BCUT2D eigenvalue weighted by Crippen LogP contribution is 2.14. The number of nitrogens with one attached hydrogen (secondary N) is 1. The quantitative estimate of drug-likeness (QED) is 0.732. The Morgan fingerprint density at radius 1 is 1.07 bits per heavy atom. The lowest BCUT2D eigenvalue weighted by Crippen LogP contribution is -2.39. The number of hydrogen-bond donors (Lipinski definition) is 1. The topological polar surface area (TPSA) is 88.2 Å². The zero-order chi connectivity index (χ0) is 20.6. The average molecular weight is 396 g/mol. The van der Waals surface area contributed by atoms with Crippen LogP contribution in [0.25, 0.3) is 0 Å². The van der Waals surface area contributed by atoms with Gasteiger partial charge in [-0.15, -0.1) is 0 Å². The predicted octanol–water partition coefficient (Wildman–Crippen LogP) is 1.70. The molecular weight excluding hydrogens is 362 g/mol. The van der Waals surface area contributed by atoms with Crippen LogP contribution < -0.4 is 5.32 Å². The molecule has 28 heavy (non-hydrogen) atoms. The van der Waals surface area contributed by atoms with Gasteiger partial charge in [0.15, 0.2) is 0 Å². The van der Waals surface area contributed by atoms with Crippen LogP contribution in [0.15, 0.2) is 11.6 Å². The van der Waals surface area contributed by atoms with Crippen molar-refractivity contribution in [3.63, 3.8) is 0 Å². The van der Waals surface area contributed by atoms with Gasteiger partial charge in [0.25, 0.3) is 0 Å². The molecule has 3 amide bonds. The second kappa shape index (κ2) is 10.5. The maximum Gasteiger partial charge on any atom is 0.407 e. The minimum Gasteiger partial charge on any atom is -0.444 e. The van der Waals surface area contributed by atoms with Crippen LogP contribution in [0.5, 0.6) is 0 Å². The van der Waals surface area contributed by atoms with Gasteiger partial charge in [-0.25, -0.2) is 4.79 Å². The van der Waals surface area contributed by atoms with E-state index in [0.29, 0.717) is 39.4 Å². The molecule has 158 valence electrons. The molecule has 2 saturated heterocycles. The Hall–Kier alpha value is -2.09. The van der Waals surface area contributed by atoms with Crippen molar-refractivity contribution in [3.05, 3.63) is 11.6 Å². The molecule has 8 nitrogen and oxygen atoms in total. The normalized spacial score (nSPS) is 18.3. The van der Waals surface area contributed by atoms with E-state index < -0.39 is 11.7 Å². The predicted molar refractivity (Wildman–Crippen MR) is 105 cm³/mol. The maximum absolute atomic E-state index is 12.5. The molecule has 0 spiro atoms. The first-order valence-electron chi connectivity index (χ1n) is 10.1. The second-order valence-electron chi connectivity index (χ2n) is 8.15. The molecule has 2 fully saturated rings. The van der Waals surface area contributed by atoms with Gasteiger partial charge in [-0.05, 0) is 40.0 Å². The van der Waals surface area contributed by atoms with E-state index in [1.165, 1.54) is 0 Å². The third-order valence-electron chi connectivity index (χ3n) is 4.63. The molecule has 0 aromatic rings. The maximum atomic E-state index is 12.5. The van der Waals surface area contributed by atoms with Crippen molar-refractivity contribution in [3.8, 4) is 0 Å². The van der Waals surface area contributed by atoms with E-state index in [1.54, 1.807) is 31.7 Å². The molecule has 0 aliphatic carbocycles. The standard InChI is InChI=1S/C20H33N3O5/c1-20(2,3)28-19(26)21-8-5-17(24)22-9-4-10-23(12-11-22)18(25)15-16-6-13-27-14-7-16/h15H,4-14H2,1-3H3,(H,21,26). The highest BCUT2D eigenvalue weighted by Gasteiger charge is 2.22. The molecule has 0 aromatic heterocycles. The second-order valence-corrected chi connectivity index (χ2v) is 8.15. The third-order valence-corrected chi connectivity index (χ3v) is 4.63. The Bertz CT molecular complexity index is 589. The van der Waals surface area contributed by atoms with Gasteiger partial charge in [0.05, 0.1) is 13.2 Å². The van der Waals surface area contributed by atoms with E-state index >= 15 is 0 Å². The third kappa shape index (κ3) is 7.88. The molecule has 2 aliphatic rings. The van der Waals surface area contributed by atoms with Crippen LogP contribution in [-0.2, 0) is 19.1 Å². The summed E-state index contributed by atoms with van der Waals surface area (Å²) in [6.07, 6.45) is 3.82. The van der Waals surface area contributed by atoms with E-state index in [2.05, 4.69) is 5.32 Å². The number of rotatable bonds is 4. The van der Waals surface area contributed by atoms with Crippen LogP contribution in [-0.4, -0.2) is 79.2 Å². The monoisotopic (exact) mass is 395 g/mol. The number of nitrogens with zero attached hydrogens (tertiary/aromatic N) is 2. The largest absolute Gasteiger partial charge is 0.444 e. The Balaban J connectivity index is 1.74. The number of alkyl carbamates (subject to hydrolysis) is 1. The average Bonchev–Trinajstić information content (AvgIpc) is 2.87. The van der Waals surface area contributed by atoms with Crippen molar-refractivity contribution in [2.45, 2.75) is 52.1 Å². The fourth-order valence-electron chi connectivity index (χ4n) is 3.17. The molecule has 0 saturated carbocycles. The Labute approximate surface area is 167 Å². The summed E-state index contributed by atoms with van der Waals surface area (Å²) < 4.78 is 10.5. The van der Waals surface area contributed by atoms with Gasteiger partial charge in [-0.1, -0.05) is 5.57 Å². The van der Waals surface area contributed by atoms with E-state index in [9.17, 15) is 14.4 Å². The molecule has 0 bridgehead atoms. The number of ether oxygens (including phenoxy) is 2. The van der Waals surface area contributed by atoms with Crippen molar-refractivity contribution in [1.29, 1.82) is 0 Å². The molecule has 0 unspecified atom stereocenters. The van der Waals surface area contributed by atoms with Gasteiger partial charge < -0.3 is 24.6 Å². The minimum absolute atomic E-state index is 0.0202. The van der Waals surface area contributed by atoms with E-state index in [4.69, 9.17) is 9.47 Å². The highest BCUT2D eigenvalue weighted by molar-refractivity contribution is 5.88. The fraction of sp³-hybridized carbons (Fsp3) is 0.750. The number of amides is 3. The summed E-state index contributed by atoms with van der Waals surface area (Å²) in [6, 6.07) is 0. The van der Waals surface area contributed by atoms with Gasteiger partial charge in [-0.3, -0.25) is 9.59 Å². The molecule has 2 aliphatic heterocycles. The molecule has 2 heterocycles. The first kappa shape index (κ1) is 22.2. The Morgan fingerprint density at radius 2 is 1.71 bits per heavy atom. The van der Waals surface area contributed by atoms with Crippen LogP contribution >= 0.6 is 0 Å². The summed E-state index contributed by atoms with van der Waals surface area (Å²) in [4.78, 5) is 40.1. The number of carbonyl (C=O) groups excluding carboxylic acids is 3. The van der Waals surface area contributed by atoms with Gasteiger partial charge in [0, 0.05) is 45.2 Å². The summed E-state index contributed by atoms with van der Waals surface area (Å²) >= 11 is 0. The van der Waals surface area contributed by atoms with Crippen molar-refractivity contribution in [2.24, 2.45) is 0 Å². The lowest BCUT2D eigenvalue weighted by atomic mass is 10.1. The van der Waals surface area contributed by atoms with Gasteiger partial charge in [0.1, 0.15) is 5.60 Å². The van der Waals surface area contributed by atoms with Crippen molar-refractivity contribution >= 4 is 17.9 Å². The van der Waals surface area contributed by atoms with Crippen molar-refractivity contribution < 1.29 is 23.9 Å². The zero-order valence-corrected chi connectivity index (χ0v) is 17.3. The first-order valence-corrected chi connectivity index (χ1v) is 10.1. The summed E-state index contributed by atoms with van der Waals surface area (Å²) in [5, 5.41) is 2.61. The number of hydrogen-bond acceptors (Lipinski definition) is 5. The zero-order valence-electron chi connectivity index (χ0n) is 17.3. The van der Waals surface area contributed by atoms with Crippen LogP contribution in [0, 0.1) is 0 Å². The molecule has 0 atom stereocenters. The van der Waals surface area contributed by atoms with E-state index in [0.717, 1.165) is 24.8 Å². The van der Waals surface area contributed by atoms with Gasteiger partial charge in [-0.2, -0.15) is 0 Å². The van der Waals surface area contributed by atoms with Crippen LogP contribution in [0.1, 0.15) is 46.5 Å². The Morgan fingerprint density at radius 3 is 2.39 bits per heavy atom. The summed E-state index contributed by atoms with van der Waals surface area (Å²) in [6.45, 7) is 9.30. The van der Waals surface area contributed by atoms with Gasteiger partial charge in [0.2, 0.25) is 11.8 Å². The molecule has 1 N–H and O–H groups in total. The fourth-order valence-corrected chi connectivity index (χ4v) is 3.17. The van der Waals surface area contributed by atoms with Crippen LogP contribution in [0.2, 0.25) is 0 Å². The first-order chi connectivity index (χ1) is 13.2. The lowest BCUT2D eigenvalue weighted by molar-refractivity contribution is -0.131. The van der Waals surface area contributed by atoms with Crippen molar-refractivity contribution in [1.82, 2.24) is 15.1 Å². The number of carbonyl (C=O) groups is 3.